The van der Waals surface area contributed by atoms with Crippen LogP contribution >= 0.6 is 0 Å². The lowest BCUT2D eigenvalue weighted by Crippen LogP contribution is -2.39. The second-order valence-electron chi connectivity index (χ2n) is 7.53. The number of carbonyl (C=O) groups is 1. The van der Waals surface area contributed by atoms with Gasteiger partial charge in [0.05, 0.1) is 5.69 Å². The third-order valence-corrected chi connectivity index (χ3v) is 5.73. The van der Waals surface area contributed by atoms with E-state index >= 15 is 0 Å². The van der Waals surface area contributed by atoms with Gasteiger partial charge in [0, 0.05) is 43.4 Å². The molecule has 6 nitrogen and oxygen atoms in total. The Morgan fingerprint density at radius 1 is 1.27 bits per heavy atom. The zero-order chi connectivity index (χ0) is 18.4. The van der Waals surface area contributed by atoms with Crippen molar-refractivity contribution in [2.24, 2.45) is 0 Å². The molecule has 4 rings (SSSR count). The molecular weight excluding hydrogens is 328 g/mol. The summed E-state index contributed by atoms with van der Waals surface area (Å²) in [5.41, 5.74) is 5.49. The van der Waals surface area contributed by atoms with E-state index in [1.54, 1.807) is 4.57 Å². The topological polar surface area (TPSA) is 71.0 Å². The van der Waals surface area contributed by atoms with Gasteiger partial charge in [-0.3, -0.25) is 14.7 Å². The van der Waals surface area contributed by atoms with E-state index in [9.17, 15) is 9.59 Å². The minimum atomic E-state index is -0.168. The van der Waals surface area contributed by atoms with Crippen LogP contribution in [0, 0.1) is 13.8 Å². The Kier molecular flexibility index (Phi) is 4.21. The van der Waals surface area contributed by atoms with Crippen LogP contribution in [-0.2, 0) is 19.4 Å². The summed E-state index contributed by atoms with van der Waals surface area (Å²) in [6.07, 6.45) is 4.03. The van der Waals surface area contributed by atoms with E-state index in [-0.39, 0.29) is 11.5 Å². The minimum absolute atomic E-state index is 0.138. The van der Waals surface area contributed by atoms with Gasteiger partial charge in [0.1, 0.15) is 5.56 Å². The number of aryl methyl sites for hydroxylation is 2. The number of carbonyl (C=O) groups excluding carboxylic acids is 1. The van der Waals surface area contributed by atoms with Crippen molar-refractivity contribution < 1.29 is 4.79 Å². The molecule has 138 valence electrons. The number of amides is 1. The molecule has 1 saturated carbocycles. The summed E-state index contributed by atoms with van der Waals surface area (Å²) < 4.78 is 1.68. The summed E-state index contributed by atoms with van der Waals surface area (Å²) in [4.78, 5) is 27.8. The maximum Gasteiger partial charge on any atom is 0.263 e. The van der Waals surface area contributed by atoms with Gasteiger partial charge in [-0.15, -0.1) is 0 Å². The monoisotopic (exact) mass is 354 g/mol. The zero-order valence-electron chi connectivity index (χ0n) is 15.8. The number of rotatable bonds is 3. The van der Waals surface area contributed by atoms with E-state index in [2.05, 4.69) is 10.2 Å². The number of pyridine rings is 1. The summed E-state index contributed by atoms with van der Waals surface area (Å²) >= 11 is 0. The minimum Gasteiger partial charge on any atom is -0.338 e. The van der Waals surface area contributed by atoms with Gasteiger partial charge in [-0.2, -0.15) is 5.10 Å². The van der Waals surface area contributed by atoms with Gasteiger partial charge in [-0.05, 0) is 57.2 Å². The van der Waals surface area contributed by atoms with Gasteiger partial charge in [-0.25, -0.2) is 0 Å². The Labute approximate surface area is 153 Å². The lowest BCUT2D eigenvalue weighted by molar-refractivity contribution is 0.0759. The first-order chi connectivity index (χ1) is 12.5. The number of H-pyrrole nitrogens is 1. The predicted octanol–water partition coefficient (Wildman–Crippen LogP) is 2.33. The molecule has 6 heteroatoms. The summed E-state index contributed by atoms with van der Waals surface area (Å²) in [5, 5.41) is 7.69. The second-order valence-corrected chi connectivity index (χ2v) is 7.53. The van der Waals surface area contributed by atoms with Crippen LogP contribution in [0.15, 0.2) is 10.9 Å². The molecule has 3 heterocycles. The van der Waals surface area contributed by atoms with Crippen molar-refractivity contribution in [3.8, 4) is 0 Å². The highest BCUT2D eigenvalue weighted by Crippen LogP contribution is 2.41. The number of hydrogen-bond acceptors (Lipinski definition) is 3. The Morgan fingerprint density at radius 2 is 2.00 bits per heavy atom. The van der Waals surface area contributed by atoms with E-state index in [0.29, 0.717) is 31.1 Å². The Balaban J connectivity index is 1.61. The van der Waals surface area contributed by atoms with Crippen LogP contribution in [0.1, 0.15) is 64.2 Å². The first-order valence-electron chi connectivity index (χ1n) is 9.57. The molecule has 26 heavy (non-hydrogen) atoms. The molecule has 0 unspecified atom stereocenters. The molecule has 1 amide bonds. The molecule has 0 atom stereocenters. The molecule has 2 aromatic rings. The average Bonchev–Trinajstić information content (AvgIpc) is 3.39. The van der Waals surface area contributed by atoms with Crippen LogP contribution in [0.3, 0.4) is 0 Å². The first kappa shape index (κ1) is 17.1. The van der Waals surface area contributed by atoms with Gasteiger partial charge < -0.3 is 9.47 Å². The predicted molar refractivity (Wildman–Crippen MR) is 99.7 cm³/mol. The molecular formula is C20H26N4O2. The average molecular weight is 354 g/mol. The second kappa shape index (κ2) is 6.41. The highest BCUT2D eigenvalue weighted by molar-refractivity contribution is 5.95. The van der Waals surface area contributed by atoms with Gasteiger partial charge in [-0.1, -0.05) is 0 Å². The third-order valence-electron chi connectivity index (χ3n) is 5.73. The molecule has 1 fully saturated rings. The fourth-order valence-corrected chi connectivity index (χ4v) is 4.14. The highest BCUT2D eigenvalue weighted by Gasteiger charge is 2.32. The molecule has 0 bridgehead atoms. The molecule has 0 spiro atoms. The number of aromatic amines is 1. The van der Waals surface area contributed by atoms with Crippen molar-refractivity contribution in [2.75, 3.05) is 13.1 Å². The van der Waals surface area contributed by atoms with Crippen LogP contribution < -0.4 is 5.56 Å². The lowest BCUT2D eigenvalue weighted by atomic mass is 10.1. The summed E-state index contributed by atoms with van der Waals surface area (Å²) in [6.45, 7) is 7.55. The standard InChI is InChI=1S/C20H26N4O2/c1-4-24-13(3)11-12(2)17(20(24)26)19(25)23-9-7-15-16(8-10-23)21-22-18(15)14-5-6-14/h11,14H,4-10H2,1-3H3,(H,21,22). The number of nitrogens with one attached hydrogen (secondary N) is 1. The van der Waals surface area contributed by atoms with Crippen molar-refractivity contribution in [2.45, 2.75) is 58.9 Å². The van der Waals surface area contributed by atoms with E-state index in [0.717, 1.165) is 29.8 Å². The summed E-state index contributed by atoms with van der Waals surface area (Å²) in [6, 6.07) is 1.94. The maximum atomic E-state index is 13.2. The number of hydrogen-bond donors (Lipinski definition) is 1. The highest BCUT2D eigenvalue weighted by atomic mass is 16.2. The van der Waals surface area contributed by atoms with Crippen LogP contribution in [0.4, 0.5) is 0 Å². The van der Waals surface area contributed by atoms with E-state index in [1.807, 2.05) is 31.7 Å². The number of fused-ring (bicyclic) bond motifs is 1. The molecule has 1 N–H and O–H groups in total. The fraction of sp³-hybridized carbons (Fsp3) is 0.550. The van der Waals surface area contributed by atoms with Crippen molar-refractivity contribution in [3.63, 3.8) is 0 Å². The van der Waals surface area contributed by atoms with Crippen LogP contribution in [0.25, 0.3) is 0 Å². The van der Waals surface area contributed by atoms with Gasteiger partial charge in [0.15, 0.2) is 0 Å². The van der Waals surface area contributed by atoms with Crippen LogP contribution in [0.5, 0.6) is 0 Å². The molecule has 2 aliphatic rings. The SMILES string of the molecule is CCn1c(C)cc(C)c(C(=O)N2CCc3[nH]nc(C4CC4)c3CC2)c1=O. The van der Waals surface area contributed by atoms with E-state index in [1.165, 1.54) is 24.1 Å². The van der Waals surface area contributed by atoms with Crippen LogP contribution in [-0.4, -0.2) is 38.7 Å². The molecule has 0 aromatic carbocycles. The van der Waals surface area contributed by atoms with Crippen molar-refractivity contribution in [3.05, 3.63) is 50.2 Å². The normalized spacial score (nSPS) is 17.1. The summed E-state index contributed by atoms with van der Waals surface area (Å²) in [7, 11) is 0. The molecule has 2 aromatic heterocycles. The van der Waals surface area contributed by atoms with Crippen molar-refractivity contribution >= 4 is 5.91 Å². The Hall–Kier alpha value is -2.37. The fourth-order valence-electron chi connectivity index (χ4n) is 4.14. The zero-order valence-corrected chi connectivity index (χ0v) is 15.8. The Morgan fingerprint density at radius 3 is 2.69 bits per heavy atom. The van der Waals surface area contributed by atoms with Crippen molar-refractivity contribution in [1.82, 2.24) is 19.7 Å². The molecule has 0 saturated heterocycles. The van der Waals surface area contributed by atoms with Crippen LogP contribution in [0.2, 0.25) is 0 Å². The van der Waals surface area contributed by atoms with E-state index < -0.39 is 0 Å². The Bertz CT molecular complexity index is 921. The molecule has 0 radical (unpaired) electrons. The van der Waals surface area contributed by atoms with Crippen molar-refractivity contribution in [1.29, 1.82) is 0 Å². The van der Waals surface area contributed by atoms with E-state index in [4.69, 9.17) is 0 Å². The smallest absolute Gasteiger partial charge is 0.263 e. The largest absolute Gasteiger partial charge is 0.338 e. The van der Waals surface area contributed by atoms with Gasteiger partial charge in [0.25, 0.3) is 11.5 Å². The van der Waals surface area contributed by atoms with Gasteiger partial charge >= 0.3 is 0 Å². The summed E-state index contributed by atoms with van der Waals surface area (Å²) in [5.74, 6) is 0.467. The molecule has 1 aliphatic carbocycles. The number of nitrogens with zero attached hydrogens (tertiary/aromatic N) is 3. The molecule has 1 aliphatic heterocycles. The maximum absolute atomic E-state index is 13.2. The lowest BCUT2D eigenvalue weighted by Gasteiger charge is -2.22. The number of aromatic nitrogens is 3. The first-order valence-corrected chi connectivity index (χ1v) is 9.57. The van der Waals surface area contributed by atoms with Gasteiger partial charge in [0.2, 0.25) is 0 Å². The quantitative estimate of drug-likeness (QED) is 0.919. The third kappa shape index (κ3) is 2.77.